The third-order valence-corrected chi connectivity index (χ3v) is 4.49. The van der Waals surface area contributed by atoms with Gasteiger partial charge in [0.2, 0.25) is 0 Å². The molecule has 26 heavy (non-hydrogen) atoms. The summed E-state index contributed by atoms with van der Waals surface area (Å²) in [6.07, 6.45) is 3.44. The SMILES string of the molecule is CCNC(=NCc1ccc(C(=O)NC(C)CC)cc1)NCC1CCCO1. The average molecular weight is 361 g/mol. The van der Waals surface area contributed by atoms with Crippen molar-refractivity contribution in [3.8, 4) is 0 Å². The summed E-state index contributed by atoms with van der Waals surface area (Å²) in [7, 11) is 0. The lowest BCUT2D eigenvalue weighted by molar-refractivity contribution is 0.0939. The van der Waals surface area contributed by atoms with E-state index in [0.717, 1.165) is 50.5 Å². The summed E-state index contributed by atoms with van der Waals surface area (Å²) in [6.45, 7) is 9.12. The molecule has 6 heteroatoms. The molecule has 0 radical (unpaired) electrons. The second kappa shape index (κ2) is 10.8. The second-order valence-electron chi connectivity index (χ2n) is 6.69. The number of nitrogens with zero attached hydrogens (tertiary/aromatic N) is 1. The van der Waals surface area contributed by atoms with Gasteiger partial charge in [-0.1, -0.05) is 19.1 Å². The molecule has 1 aliphatic heterocycles. The van der Waals surface area contributed by atoms with Crippen LogP contribution < -0.4 is 16.0 Å². The Balaban J connectivity index is 1.88. The molecule has 1 amide bonds. The van der Waals surface area contributed by atoms with E-state index in [1.54, 1.807) is 0 Å². The maximum atomic E-state index is 12.1. The molecule has 0 saturated carbocycles. The zero-order valence-corrected chi connectivity index (χ0v) is 16.2. The number of hydrogen-bond acceptors (Lipinski definition) is 3. The molecule has 2 rings (SSSR count). The van der Waals surface area contributed by atoms with Gasteiger partial charge in [0.15, 0.2) is 5.96 Å². The quantitative estimate of drug-likeness (QED) is 0.492. The van der Waals surface area contributed by atoms with Gasteiger partial charge < -0.3 is 20.7 Å². The van der Waals surface area contributed by atoms with E-state index < -0.39 is 0 Å². The first kappa shape index (κ1) is 20.2. The van der Waals surface area contributed by atoms with Gasteiger partial charge in [-0.15, -0.1) is 0 Å². The van der Waals surface area contributed by atoms with Crippen LogP contribution in [0.25, 0.3) is 0 Å². The van der Waals surface area contributed by atoms with Crippen LogP contribution in [0.1, 0.15) is 56.0 Å². The fourth-order valence-electron chi connectivity index (χ4n) is 2.70. The zero-order valence-electron chi connectivity index (χ0n) is 16.2. The van der Waals surface area contributed by atoms with Crippen molar-refractivity contribution in [2.45, 2.75) is 58.7 Å². The van der Waals surface area contributed by atoms with Gasteiger partial charge in [-0.25, -0.2) is 4.99 Å². The van der Waals surface area contributed by atoms with Gasteiger partial charge in [-0.05, 0) is 50.8 Å². The minimum absolute atomic E-state index is 0.0269. The van der Waals surface area contributed by atoms with E-state index in [4.69, 9.17) is 4.74 Å². The lowest BCUT2D eigenvalue weighted by Gasteiger charge is -2.15. The van der Waals surface area contributed by atoms with Crippen LogP contribution in [-0.2, 0) is 11.3 Å². The number of hydrogen-bond donors (Lipinski definition) is 3. The number of carbonyl (C=O) groups is 1. The molecule has 0 aliphatic carbocycles. The maximum Gasteiger partial charge on any atom is 0.251 e. The van der Waals surface area contributed by atoms with E-state index in [9.17, 15) is 4.79 Å². The molecule has 0 bridgehead atoms. The van der Waals surface area contributed by atoms with Crippen molar-refractivity contribution >= 4 is 11.9 Å². The summed E-state index contributed by atoms with van der Waals surface area (Å²) < 4.78 is 5.63. The largest absolute Gasteiger partial charge is 0.376 e. The summed E-state index contributed by atoms with van der Waals surface area (Å²) >= 11 is 0. The highest BCUT2D eigenvalue weighted by atomic mass is 16.5. The topological polar surface area (TPSA) is 74.8 Å². The van der Waals surface area contributed by atoms with Crippen LogP contribution in [0.4, 0.5) is 0 Å². The van der Waals surface area contributed by atoms with E-state index in [-0.39, 0.29) is 18.1 Å². The number of nitrogens with one attached hydrogen (secondary N) is 3. The van der Waals surface area contributed by atoms with E-state index in [1.807, 2.05) is 38.1 Å². The average Bonchev–Trinajstić information content (AvgIpc) is 3.17. The number of carbonyl (C=O) groups excluding carboxylic acids is 1. The Bertz CT molecular complexity index is 580. The minimum atomic E-state index is -0.0269. The number of benzene rings is 1. The first-order valence-electron chi connectivity index (χ1n) is 9.66. The predicted octanol–water partition coefficient (Wildman–Crippen LogP) is 2.45. The lowest BCUT2D eigenvalue weighted by Crippen LogP contribution is -2.41. The summed E-state index contributed by atoms with van der Waals surface area (Å²) in [4.78, 5) is 16.7. The van der Waals surface area contributed by atoms with Gasteiger partial charge in [0.1, 0.15) is 0 Å². The first-order valence-corrected chi connectivity index (χ1v) is 9.66. The Morgan fingerprint density at radius 3 is 2.65 bits per heavy atom. The van der Waals surface area contributed by atoms with Gasteiger partial charge >= 0.3 is 0 Å². The Hall–Kier alpha value is -2.08. The summed E-state index contributed by atoms with van der Waals surface area (Å²) in [5.41, 5.74) is 1.75. The third-order valence-electron chi connectivity index (χ3n) is 4.49. The molecule has 2 unspecified atom stereocenters. The molecule has 1 aromatic rings. The van der Waals surface area contributed by atoms with E-state index in [2.05, 4.69) is 27.9 Å². The minimum Gasteiger partial charge on any atom is -0.376 e. The molecule has 1 heterocycles. The fourth-order valence-corrected chi connectivity index (χ4v) is 2.70. The van der Waals surface area contributed by atoms with Crippen molar-refractivity contribution in [1.82, 2.24) is 16.0 Å². The number of aliphatic imine (C=N–C) groups is 1. The summed E-state index contributed by atoms with van der Waals surface area (Å²) in [5.74, 6) is 0.766. The molecule has 144 valence electrons. The molecular formula is C20H32N4O2. The first-order chi connectivity index (χ1) is 12.6. The van der Waals surface area contributed by atoms with E-state index in [0.29, 0.717) is 12.1 Å². The van der Waals surface area contributed by atoms with Crippen LogP contribution in [0.3, 0.4) is 0 Å². The van der Waals surface area contributed by atoms with Gasteiger partial charge in [0.25, 0.3) is 5.91 Å². The van der Waals surface area contributed by atoms with Gasteiger partial charge in [-0.3, -0.25) is 4.79 Å². The lowest BCUT2D eigenvalue weighted by atomic mass is 10.1. The molecule has 0 aromatic heterocycles. The monoisotopic (exact) mass is 360 g/mol. The van der Waals surface area contributed by atoms with E-state index >= 15 is 0 Å². The predicted molar refractivity (Wildman–Crippen MR) is 105 cm³/mol. The summed E-state index contributed by atoms with van der Waals surface area (Å²) in [5, 5.41) is 9.57. The standard InChI is InChI=1S/C20H32N4O2/c1-4-15(3)24-19(25)17-10-8-16(9-11-17)13-22-20(21-5-2)23-14-18-7-6-12-26-18/h8-11,15,18H,4-7,12-14H2,1-3H3,(H,24,25)(H2,21,22,23). The number of amides is 1. The molecule has 0 spiro atoms. The number of ether oxygens (including phenoxy) is 1. The van der Waals surface area contributed by atoms with Crippen LogP contribution in [0.15, 0.2) is 29.3 Å². The van der Waals surface area contributed by atoms with Crippen molar-refractivity contribution in [3.63, 3.8) is 0 Å². The molecule has 2 atom stereocenters. The van der Waals surface area contributed by atoms with Crippen molar-refractivity contribution in [2.75, 3.05) is 19.7 Å². The Labute approximate surface area is 156 Å². The molecule has 3 N–H and O–H groups in total. The van der Waals surface area contributed by atoms with Crippen LogP contribution in [0, 0.1) is 0 Å². The highest BCUT2D eigenvalue weighted by Gasteiger charge is 2.15. The molecule has 1 aliphatic rings. The Kier molecular flexibility index (Phi) is 8.41. The third kappa shape index (κ3) is 6.67. The van der Waals surface area contributed by atoms with Crippen LogP contribution >= 0.6 is 0 Å². The maximum absolute atomic E-state index is 12.1. The second-order valence-corrected chi connectivity index (χ2v) is 6.69. The highest BCUT2D eigenvalue weighted by Crippen LogP contribution is 2.10. The van der Waals surface area contributed by atoms with Gasteiger partial charge in [0, 0.05) is 31.3 Å². The van der Waals surface area contributed by atoms with Crippen LogP contribution in [0.2, 0.25) is 0 Å². The zero-order chi connectivity index (χ0) is 18.8. The van der Waals surface area contributed by atoms with E-state index in [1.165, 1.54) is 0 Å². The molecule has 6 nitrogen and oxygen atoms in total. The number of rotatable bonds is 8. The summed E-state index contributed by atoms with van der Waals surface area (Å²) in [6, 6.07) is 7.81. The Morgan fingerprint density at radius 2 is 2.04 bits per heavy atom. The van der Waals surface area contributed by atoms with Gasteiger partial charge in [-0.2, -0.15) is 0 Å². The highest BCUT2D eigenvalue weighted by molar-refractivity contribution is 5.94. The van der Waals surface area contributed by atoms with Crippen LogP contribution in [0.5, 0.6) is 0 Å². The fraction of sp³-hybridized carbons (Fsp3) is 0.600. The molecule has 1 fully saturated rings. The molecule has 1 saturated heterocycles. The molecule has 1 aromatic carbocycles. The smallest absolute Gasteiger partial charge is 0.251 e. The van der Waals surface area contributed by atoms with Crippen molar-refractivity contribution in [2.24, 2.45) is 4.99 Å². The normalized spacial score (nSPS) is 18.4. The van der Waals surface area contributed by atoms with Crippen molar-refractivity contribution in [3.05, 3.63) is 35.4 Å². The van der Waals surface area contributed by atoms with Crippen molar-refractivity contribution in [1.29, 1.82) is 0 Å². The molecular weight excluding hydrogens is 328 g/mol. The van der Waals surface area contributed by atoms with Gasteiger partial charge in [0.05, 0.1) is 12.6 Å². The Morgan fingerprint density at radius 1 is 1.27 bits per heavy atom. The number of guanidine groups is 1. The van der Waals surface area contributed by atoms with Crippen molar-refractivity contribution < 1.29 is 9.53 Å². The van der Waals surface area contributed by atoms with Crippen LogP contribution in [-0.4, -0.2) is 43.7 Å².